The van der Waals surface area contributed by atoms with Crippen molar-refractivity contribution in [1.29, 1.82) is 0 Å². The van der Waals surface area contributed by atoms with Crippen LogP contribution < -0.4 is 5.32 Å². The van der Waals surface area contributed by atoms with Crippen LogP contribution in [-0.4, -0.2) is 34.1 Å². The lowest BCUT2D eigenvalue weighted by molar-refractivity contribution is 0.0697. The number of nitrogens with one attached hydrogen (secondary N) is 1. The highest BCUT2D eigenvalue weighted by Gasteiger charge is 2.17. The van der Waals surface area contributed by atoms with Crippen LogP contribution in [0.2, 0.25) is 0 Å². The Kier molecular flexibility index (Phi) is 4.29. The molecule has 0 radical (unpaired) electrons. The number of hydrogen-bond acceptors (Lipinski definition) is 4. The van der Waals surface area contributed by atoms with Crippen LogP contribution in [0.25, 0.3) is 10.9 Å². The summed E-state index contributed by atoms with van der Waals surface area (Å²) in [7, 11) is 0. The van der Waals surface area contributed by atoms with Gasteiger partial charge in [0.05, 0.1) is 11.2 Å². The Morgan fingerprint density at radius 3 is 2.86 bits per heavy atom. The zero-order valence-electron chi connectivity index (χ0n) is 11.7. The first-order chi connectivity index (χ1) is 10.3. The zero-order valence-corrected chi connectivity index (χ0v) is 12.5. The molecule has 1 saturated heterocycles. The number of thioether (sulfide) groups is 1. The zero-order chi connectivity index (χ0) is 14.7. The van der Waals surface area contributed by atoms with Gasteiger partial charge in [0.1, 0.15) is 5.56 Å². The SMILES string of the molecule is O=C(O)c1cnc2ccccc2c1NCC1CCSCC1. The topological polar surface area (TPSA) is 62.2 Å². The molecule has 5 heteroatoms. The van der Waals surface area contributed by atoms with E-state index >= 15 is 0 Å². The summed E-state index contributed by atoms with van der Waals surface area (Å²) >= 11 is 2.00. The predicted octanol–water partition coefficient (Wildman–Crippen LogP) is 3.49. The molecule has 0 bridgehead atoms. The number of nitrogens with zero attached hydrogens (tertiary/aromatic N) is 1. The Balaban J connectivity index is 1.90. The third kappa shape index (κ3) is 3.13. The first-order valence-electron chi connectivity index (χ1n) is 7.18. The van der Waals surface area contributed by atoms with Crippen molar-refractivity contribution < 1.29 is 9.90 Å². The number of rotatable bonds is 4. The molecule has 110 valence electrons. The second kappa shape index (κ2) is 6.35. The maximum Gasteiger partial charge on any atom is 0.339 e. The summed E-state index contributed by atoms with van der Waals surface area (Å²) in [6.07, 6.45) is 3.84. The van der Waals surface area contributed by atoms with Crippen LogP contribution in [0.4, 0.5) is 5.69 Å². The van der Waals surface area contributed by atoms with Crippen LogP contribution in [-0.2, 0) is 0 Å². The van der Waals surface area contributed by atoms with Crippen LogP contribution in [0, 0.1) is 5.92 Å². The number of carbonyl (C=O) groups is 1. The number of fused-ring (bicyclic) bond motifs is 1. The van der Waals surface area contributed by atoms with E-state index in [-0.39, 0.29) is 5.56 Å². The Hall–Kier alpha value is -1.75. The van der Waals surface area contributed by atoms with Gasteiger partial charge in [-0.05, 0) is 36.3 Å². The van der Waals surface area contributed by atoms with Crippen LogP contribution in [0.1, 0.15) is 23.2 Å². The molecule has 2 N–H and O–H groups in total. The first kappa shape index (κ1) is 14.2. The van der Waals surface area contributed by atoms with E-state index in [1.807, 2.05) is 36.0 Å². The molecular formula is C16H18N2O2S. The van der Waals surface area contributed by atoms with E-state index in [0.717, 1.165) is 17.4 Å². The van der Waals surface area contributed by atoms with Crippen LogP contribution in [0.5, 0.6) is 0 Å². The first-order valence-corrected chi connectivity index (χ1v) is 8.34. The van der Waals surface area contributed by atoms with Crippen molar-refractivity contribution in [2.45, 2.75) is 12.8 Å². The minimum Gasteiger partial charge on any atom is -0.478 e. The summed E-state index contributed by atoms with van der Waals surface area (Å²) in [5, 5.41) is 13.6. The molecule has 2 aromatic rings. The molecule has 0 unspecified atom stereocenters. The van der Waals surface area contributed by atoms with Crippen molar-refractivity contribution in [3.05, 3.63) is 36.0 Å². The van der Waals surface area contributed by atoms with Crippen molar-refractivity contribution in [1.82, 2.24) is 4.98 Å². The lowest BCUT2D eigenvalue weighted by Gasteiger charge is -2.23. The van der Waals surface area contributed by atoms with Gasteiger partial charge in [-0.25, -0.2) is 4.79 Å². The van der Waals surface area contributed by atoms with E-state index < -0.39 is 5.97 Å². The molecule has 1 fully saturated rings. The second-order valence-electron chi connectivity index (χ2n) is 5.31. The van der Waals surface area contributed by atoms with Gasteiger partial charge >= 0.3 is 5.97 Å². The minimum atomic E-state index is -0.935. The molecule has 3 rings (SSSR count). The molecule has 0 amide bonds. The summed E-state index contributed by atoms with van der Waals surface area (Å²) in [5.41, 5.74) is 1.77. The summed E-state index contributed by atoms with van der Waals surface area (Å²) in [6, 6.07) is 7.66. The third-order valence-electron chi connectivity index (χ3n) is 3.91. The quantitative estimate of drug-likeness (QED) is 0.905. The number of para-hydroxylation sites is 1. The molecule has 0 atom stereocenters. The minimum absolute atomic E-state index is 0.249. The van der Waals surface area contributed by atoms with Crippen molar-refractivity contribution in [2.75, 3.05) is 23.4 Å². The molecule has 21 heavy (non-hydrogen) atoms. The van der Waals surface area contributed by atoms with Gasteiger partial charge in [0.25, 0.3) is 0 Å². The number of anilines is 1. The lowest BCUT2D eigenvalue weighted by Crippen LogP contribution is -2.20. The Morgan fingerprint density at radius 1 is 1.33 bits per heavy atom. The molecule has 2 heterocycles. The largest absolute Gasteiger partial charge is 0.478 e. The van der Waals surface area contributed by atoms with Gasteiger partial charge in [0, 0.05) is 18.1 Å². The molecule has 1 aliphatic rings. The summed E-state index contributed by atoms with van der Waals surface area (Å²) in [5.74, 6) is 2.10. The van der Waals surface area contributed by atoms with Crippen LogP contribution in [0.15, 0.2) is 30.5 Å². The smallest absolute Gasteiger partial charge is 0.339 e. The third-order valence-corrected chi connectivity index (χ3v) is 4.96. The highest BCUT2D eigenvalue weighted by Crippen LogP contribution is 2.28. The normalized spacial score (nSPS) is 16.0. The monoisotopic (exact) mass is 302 g/mol. The molecule has 0 spiro atoms. The summed E-state index contributed by atoms with van der Waals surface area (Å²) in [6.45, 7) is 0.828. The number of hydrogen-bond donors (Lipinski definition) is 2. The van der Waals surface area contributed by atoms with Gasteiger partial charge in [-0.15, -0.1) is 0 Å². The fourth-order valence-electron chi connectivity index (χ4n) is 2.69. The number of aromatic carboxylic acids is 1. The van der Waals surface area contributed by atoms with Gasteiger partial charge in [0.2, 0.25) is 0 Å². The van der Waals surface area contributed by atoms with Gasteiger partial charge in [-0.1, -0.05) is 18.2 Å². The highest BCUT2D eigenvalue weighted by atomic mass is 32.2. The number of aromatic nitrogens is 1. The van der Waals surface area contributed by atoms with Crippen molar-refractivity contribution in [2.24, 2.45) is 5.92 Å². The Bertz CT molecular complexity index is 654. The fraction of sp³-hybridized carbons (Fsp3) is 0.375. The molecule has 1 aromatic carbocycles. The lowest BCUT2D eigenvalue weighted by atomic mass is 10.0. The molecule has 1 aromatic heterocycles. The summed E-state index contributed by atoms with van der Waals surface area (Å²) in [4.78, 5) is 15.7. The number of carboxylic acids is 1. The van der Waals surface area contributed by atoms with E-state index in [2.05, 4.69) is 10.3 Å². The molecule has 0 aliphatic carbocycles. The molecule has 4 nitrogen and oxygen atoms in total. The Labute approximate surface area is 128 Å². The standard InChI is InChI=1S/C16H18N2O2S/c19-16(20)13-10-17-14-4-2-1-3-12(14)15(13)18-9-11-5-7-21-8-6-11/h1-4,10-11H,5-9H2,(H,17,18)(H,19,20). The maximum atomic E-state index is 11.4. The molecular weight excluding hydrogens is 284 g/mol. The molecule has 0 saturated carbocycles. The predicted molar refractivity (Wildman–Crippen MR) is 87.2 cm³/mol. The van der Waals surface area contributed by atoms with E-state index in [9.17, 15) is 9.90 Å². The molecule has 1 aliphatic heterocycles. The number of pyridine rings is 1. The Morgan fingerprint density at radius 2 is 2.10 bits per heavy atom. The van der Waals surface area contributed by atoms with Crippen LogP contribution >= 0.6 is 11.8 Å². The van der Waals surface area contributed by atoms with Gasteiger partial charge < -0.3 is 10.4 Å². The van der Waals surface area contributed by atoms with Crippen molar-refractivity contribution >= 4 is 34.3 Å². The number of carboxylic acid groups (broad SMARTS) is 1. The maximum absolute atomic E-state index is 11.4. The average Bonchev–Trinajstić information content (AvgIpc) is 2.53. The van der Waals surface area contributed by atoms with E-state index in [0.29, 0.717) is 11.6 Å². The van der Waals surface area contributed by atoms with Crippen molar-refractivity contribution in [3.8, 4) is 0 Å². The van der Waals surface area contributed by atoms with Gasteiger partial charge in [-0.2, -0.15) is 11.8 Å². The average molecular weight is 302 g/mol. The van der Waals surface area contributed by atoms with E-state index in [1.165, 1.54) is 30.5 Å². The highest BCUT2D eigenvalue weighted by molar-refractivity contribution is 7.99. The second-order valence-corrected chi connectivity index (χ2v) is 6.53. The fourth-order valence-corrected chi connectivity index (χ4v) is 3.89. The van der Waals surface area contributed by atoms with E-state index in [4.69, 9.17) is 0 Å². The van der Waals surface area contributed by atoms with Crippen LogP contribution in [0.3, 0.4) is 0 Å². The summed E-state index contributed by atoms with van der Waals surface area (Å²) < 4.78 is 0. The van der Waals surface area contributed by atoms with Gasteiger partial charge in [0.15, 0.2) is 0 Å². The van der Waals surface area contributed by atoms with E-state index in [1.54, 1.807) is 0 Å². The van der Waals surface area contributed by atoms with Gasteiger partial charge in [-0.3, -0.25) is 4.98 Å². The number of benzene rings is 1. The van der Waals surface area contributed by atoms with Crippen molar-refractivity contribution in [3.63, 3.8) is 0 Å².